The van der Waals surface area contributed by atoms with Gasteiger partial charge in [0.15, 0.2) is 0 Å². The smallest absolute Gasteiger partial charge is 0.243 e. The molecule has 1 heterocycles. The lowest BCUT2D eigenvalue weighted by Gasteiger charge is -2.23. The van der Waals surface area contributed by atoms with E-state index in [-0.39, 0.29) is 29.4 Å². The minimum absolute atomic E-state index is 0.0864. The molecule has 0 spiro atoms. The number of aliphatic hydroxyl groups excluding tert-OH is 1. The molecular formula is C20H26N2O4S. The maximum Gasteiger partial charge on any atom is 0.243 e. The minimum atomic E-state index is -3.61. The number of hydrogen-bond acceptors (Lipinski definition) is 4. The second-order valence-corrected chi connectivity index (χ2v) is 10.6. The van der Waals surface area contributed by atoms with Crippen LogP contribution in [0.15, 0.2) is 29.2 Å². The summed E-state index contributed by atoms with van der Waals surface area (Å²) in [4.78, 5) is 12.9. The van der Waals surface area contributed by atoms with Gasteiger partial charge in [-0.05, 0) is 80.0 Å². The number of aliphatic hydroxyl groups is 1. The van der Waals surface area contributed by atoms with E-state index >= 15 is 0 Å². The van der Waals surface area contributed by atoms with E-state index in [1.807, 2.05) is 0 Å². The molecule has 6 unspecified atom stereocenters. The van der Waals surface area contributed by atoms with Gasteiger partial charge in [0, 0.05) is 24.2 Å². The number of rotatable bonds is 5. The third-order valence-electron chi connectivity index (χ3n) is 7.29. The van der Waals surface area contributed by atoms with Crippen LogP contribution in [0.5, 0.6) is 0 Å². The summed E-state index contributed by atoms with van der Waals surface area (Å²) in [6.07, 6.45) is 5.00. The van der Waals surface area contributed by atoms with Crippen molar-refractivity contribution < 1.29 is 18.3 Å². The van der Waals surface area contributed by atoms with Crippen LogP contribution in [0.4, 0.5) is 5.69 Å². The van der Waals surface area contributed by atoms with Gasteiger partial charge in [-0.2, -0.15) is 4.31 Å². The molecule has 6 atom stereocenters. The first kappa shape index (κ1) is 17.6. The van der Waals surface area contributed by atoms with Crippen LogP contribution in [0.2, 0.25) is 0 Å². The van der Waals surface area contributed by atoms with Crippen molar-refractivity contribution in [2.75, 3.05) is 18.5 Å². The van der Waals surface area contributed by atoms with E-state index in [4.69, 9.17) is 0 Å². The highest BCUT2D eigenvalue weighted by Gasteiger charge is 2.62. The van der Waals surface area contributed by atoms with Crippen LogP contribution < -0.4 is 5.32 Å². The molecule has 1 aliphatic heterocycles. The maximum absolute atomic E-state index is 12.8. The highest BCUT2D eigenvalue weighted by molar-refractivity contribution is 7.89. The first-order chi connectivity index (χ1) is 13.0. The van der Waals surface area contributed by atoms with Crippen molar-refractivity contribution in [3.8, 4) is 0 Å². The molecule has 2 bridgehead atoms. The van der Waals surface area contributed by atoms with E-state index in [0.717, 1.165) is 30.6 Å². The summed E-state index contributed by atoms with van der Waals surface area (Å²) in [6, 6.07) is 6.10. The van der Waals surface area contributed by atoms with E-state index in [0.29, 0.717) is 24.6 Å². The zero-order chi connectivity index (χ0) is 18.8. The highest BCUT2D eigenvalue weighted by atomic mass is 32.2. The second kappa shape index (κ2) is 6.29. The third kappa shape index (κ3) is 2.82. The van der Waals surface area contributed by atoms with Gasteiger partial charge in [-0.25, -0.2) is 8.42 Å². The molecule has 4 fully saturated rings. The van der Waals surface area contributed by atoms with Gasteiger partial charge in [-0.1, -0.05) is 0 Å². The Bertz CT molecular complexity index is 853. The average molecular weight is 391 g/mol. The maximum atomic E-state index is 12.8. The molecule has 1 aromatic carbocycles. The number of fused-ring (bicyclic) bond motifs is 5. The van der Waals surface area contributed by atoms with Crippen LogP contribution in [-0.2, 0) is 14.8 Å². The molecule has 1 amide bonds. The normalized spacial score (nSPS) is 37.4. The molecule has 0 radical (unpaired) electrons. The Morgan fingerprint density at radius 3 is 2.56 bits per heavy atom. The molecule has 7 heteroatoms. The number of anilines is 1. The van der Waals surface area contributed by atoms with E-state index in [2.05, 4.69) is 5.32 Å². The van der Waals surface area contributed by atoms with Crippen LogP contribution >= 0.6 is 0 Å². The van der Waals surface area contributed by atoms with E-state index in [1.54, 1.807) is 24.3 Å². The molecular weight excluding hydrogens is 364 g/mol. The van der Waals surface area contributed by atoms with Crippen molar-refractivity contribution in [3.63, 3.8) is 0 Å². The van der Waals surface area contributed by atoms with Gasteiger partial charge in [0.25, 0.3) is 0 Å². The van der Waals surface area contributed by atoms with Crippen LogP contribution in [0.3, 0.4) is 0 Å². The standard InChI is InChI=1S/C20H26N2O4S/c23-11-14-2-1-7-22(14)27(25,26)15-5-3-13(4-6-15)21-20(24)19-9-12-8-17(19)18-10-16(12)18/h3-6,12,14,16-19,23H,1-2,7-11H2,(H,21,24). The van der Waals surface area contributed by atoms with Crippen molar-refractivity contribution >= 4 is 21.6 Å². The van der Waals surface area contributed by atoms with Crippen LogP contribution in [0.25, 0.3) is 0 Å². The fraction of sp³-hybridized carbons (Fsp3) is 0.650. The molecule has 3 aliphatic carbocycles. The highest BCUT2D eigenvalue weighted by Crippen LogP contribution is 2.67. The lowest BCUT2D eigenvalue weighted by molar-refractivity contribution is -0.121. The minimum Gasteiger partial charge on any atom is -0.395 e. The van der Waals surface area contributed by atoms with Crippen LogP contribution in [0, 0.1) is 29.6 Å². The molecule has 5 rings (SSSR count). The van der Waals surface area contributed by atoms with Gasteiger partial charge in [0.2, 0.25) is 15.9 Å². The summed E-state index contributed by atoms with van der Waals surface area (Å²) in [5.74, 6) is 3.21. The lowest BCUT2D eigenvalue weighted by atomic mass is 9.88. The summed E-state index contributed by atoms with van der Waals surface area (Å²) in [6.45, 7) is 0.289. The quantitative estimate of drug-likeness (QED) is 0.806. The number of sulfonamides is 1. The number of benzene rings is 1. The molecule has 6 nitrogen and oxygen atoms in total. The summed E-state index contributed by atoms with van der Waals surface area (Å²) >= 11 is 0. The molecule has 1 aromatic rings. The third-order valence-corrected chi connectivity index (χ3v) is 9.26. The Balaban J connectivity index is 1.27. The summed E-state index contributed by atoms with van der Waals surface area (Å²) in [7, 11) is -3.61. The van der Waals surface area contributed by atoms with E-state index < -0.39 is 10.0 Å². The van der Waals surface area contributed by atoms with Gasteiger partial charge >= 0.3 is 0 Å². The zero-order valence-electron chi connectivity index (χ0n) is 15.3. The van der Waals surface area contributed by atoms with Gasteiger partial charge < -0.3 is 10.4 Å². The Labute approximate surface area is 160 Å². The van der Waals surface area contributed by atoms with Gasteiger partial charge in [0.1, 0.15) is 0 Å². The largest absolute Gasteiger partial charge is 0.395 e. The summed E-state index contributed by atoms with van der Waals surface area (Å²) < 4.78 is 27.0. The SMILES string of the molecule is O=C(Nc1ccc(S(=O)(=O)N2CCCC2CO)cc1)C1CC2CC1C1CC21. The molecule has 2 N–H and O–H groups in total. The number of nitrogens with zero attached hydrogens (tertiary/aromatic N) is 1. The molecule has 0 aromatic heterocycles. The van der Waals surface area contributed by atoms with Crippen molar-refractivity contribution in [2.45, 2.75) is 43.0 Å². The predicted octanol–water partition coefficient (Wildman–Crippen LogP) is 2.06. The lowest BCUT2D eigenvalue weighted by Crippen LogP contribution is -2.37. The van der Waals surface area contributed by atoms with Crippen LogP contribution in [0.1, 0.15) is 32.1 Å². The number of carbonyl (C=O) groups is 1. The monoisotopic (exact) mass is 390 g/mol. The molecule has 146 valence electrons. The predicted molar refractivity (Wildman–Crippen MR) is 100 cm³/mol. The Kier molecular flexibility index (Phi) is 4.11. The fourth-order valence-corrected chi connectivity index (χ4v) is 7.58. The van der Waals surface area contributed by atoms with E-state index in [1.165, 1.54) is 17.1 Å². The zero-order valence-corrected chi connectivity index (χ0v) is 16.1. The fourth-order valence-electron chi connectivity index (χ4n) is 5.89. The Hall–Kier alpha value is -1.44. The molecule has 4 aliphatic rings. The van der Waals surface area contributed by atoms with Crippen molar-refractivity contribution in [1.29, 1.82) is 0 Å². The van der Waals surface area contributed by atoms with Gasteiger partial charge in [-0.15, -0.1) is 0 Å². The first-order valence-corrected chi connectivity index (χ1v) is 11.5. The Morgan fingerprint density at radius 2 is 1.89 bits per heavy atom. The molecule has 1 saturated heterocycles. The van der Waals surface area contributed by atoms with Crippen molar-refractivity contribution in [1.82, 2.24) is 4.31 Å². The number of amides is 1. The summed E-state index contributed by atoms with van der Waals surface area (Å²) in [5.41, 5.74) is 0.647. The number of nitrogens with one attached hydrogen (secondary N) is 1. The Morgan fingerprint density at radius 1 is 1.11 bits per heavy atom. The molecule has 27 heavy (non-hydrogen) atoms. The average Bonchev–Trinajstić information content (AvgIpc) is 3.04. The van der Waals surface area contributed by atoms with Crippen molar-refractivity contribution in [3.05, 3.63) is 24.3 Å². The number of carbonyl (C=O) groups excluding carboxylic acids is 1. The van der Waals surface area contributed by atoms with Gasteiger partial charge in [0.05, 0.1) is 11.5 Å². The molecule has 3 saturated carbocycles. The second-order valence-electron chi connectivity index (χ2n) is 8.67. The van der Waals surface area contributed by atoms with Crippen molar-refractivity contribution in [2.24, 2.45) is 29.6 Å². The summed E-state index contributed by atoms with van der Waals surface area (Å²) in [5, 5.41) is 12.4. The van der Waals surface area contributed by atoms with Gasteiger partial charge in [-0.3, -0.25) is 4.79 Å². The first-order valence-electron chi connectivity index (χ1n) is 10.0. The van der Waals surface area contributed by atoms with Crippen LogP contribution in [-0.4, -0.2) is 42.9 Å². The number of hydrogen-bond donors (Lipinski definition) is 2. The van der Waals surface area contributed by atoms with E-state index in [9.17, 15) is 18.3 Å². The topological polar surface area (TPSA) is 86.7 Å².